The molecule has 0 saturated carbocycles. The van der Waals surface area contributed by atoms with Gasteiger partial charge in [-0.1, -0.05) is 0 Å². The number of methoxy groups -OCH3 is 1. The van der Waals surface area contributed by atoms with Crippen LogP contribution in [0.5, 0.6) is 5.75 Å². The molecule has 0 spiro atoms. The molecule has 2 rings (SSSR count). The monoisotopic (exact) mass is 253 g/mol. The molecule has 0 aromatic heterocycles. The normalized spacial score (nSPS) is 10.2. The largest absolute Gasteiger partial charge is 0.497 e. The van der Waals surface area contributed by atoms with Crippen LogP contribution in [-0.2, 0) is 0 Å². The number of hydrogen-bond acceptors (Lipinski definition) is 2. The van der Waals surface area contributed by atoms with E-state index in [1.54, 1.807) is 0 Å². The smallest absolute Gasteiger partial charge is 0.150 e. The quantitative estimate of drug-likeness (QED) is 0.896. The van der Waals surface area contributed by atoms with Gasteiger partial charge in [0.25, 0.3) is 0 Å². The zero-order chi connectivity index (χ0) is 13.1. The molecule has 1 N–H and O–H groups in total. The summed E-state index contributed by atoms with van der Waals surface area (Å²) in [5.74, 6) is -1.70. The molecule has 0 unspecified atom stereocenters. The van der Waals surface area contributed by atoms with Gasteiger partial charge in [-0.3, -0.25) is 0 Å². The highest BCUT2D eigenvalue weighted by Crippen LogP contribution is 2.25. The standard InChI is InChI=1S/C13H10F3NO/c1-18-9-3-5-13(11(16)7-9)17-12-4-2-8(14)6-10(12)15/h2-7,17H,1H3. The minimum atomic E-state index is -0.787. The van der Waals surface area contributed by atoms with Gasteiger partial charge in [0.05, 0.1) is 18.5 Å². The van der Waals surface area contributed by atoms with E-state index in [-0.39, 0.29) is 11.4 Å². The average Bonchev–Trinajstić information content (AvgIpc) is 2.34. The fourth-order valence-corrected chi connectivity index (χ4v) is 1.46. The van der Waals surface area contributed by atoms with E-state index in [0.717, 1.165) is 12.1 Å². The van der Waals surface area contributed by atoms with Gasteiger partial charge in [0.1, 0.15) is 23.2 Å². The van der Waals surface area contributed by atoms with Crippen LogP contribution in [-0.4, -0.2) is 7.11 Å². The van der Waals surface area contributed by atoms with Gasteiger partial charge in [-0.05, 0) is 24.3 Å². The van der Waals surface area contributed by atoms with Gasteiger partial charge in [0.2, 0.25) is 0 Å². The Bertz CT molecular complexity index is 572. The number of ether oxygens (including phenoxy) is 1. The molecule has 0 aliphatic rings. The first kappa shape index (κ1) is 12.3. The predicted octanol–water partition coefficient (Wildman–Crippen LogP) is 3.86. The Hall–Kier alpha value is -2.17. The van der Waals surface area contributed by atoms with Crippen LogP contribution in [0, 0.1) is 17.5 Å². The van der Waals surface area contributed by atoms with Crippen LogP contribution in [0.4, 0.5) is 24.5 Å². The predicted molar refractivity (Wildman–Crippen MR) is 62.6 cm³/mol. The summed E-state index contributed by atoms with van der Waals surface area (Å²) in [5, 5.41) is 2.55. The van der Waals surface area contributed by atoms with Crippen molar-refractivity contribution < 1.29 is 17.9 Å². The van der Waals surface area contributed by atoms with E-state index in [2.05, 4.69) is 5.32 Å². The lowest BCUT2D eigenvalue weighted by atomic mass is 10.2. The maximum atomic E-state index is 13.6. The molecule has 5 heteroatoms. The first-order valence-corrected chi connectivity index (χ1v) is 5.16. The third-order valence-corrected chi connectivity index (χ3v) is 2.38. The van der Waals surface area contributed by atoms with Gasteiger partial charge in [-0.15, -0.1) is 0 Å². The van der Waals surface area contributed by atoms with Gasteiger partial charge < -0.3 is 10.1 Å². The molecule has 0 amide bonds. The summed E-state index contributed by atoms with van der Waals surface area (Å²) in [6.45, 7) is 0. The number of rotatable bonds is 3. The third-order valence-electron chi connectivity index (χ3n) is 2.38. The molecule has 0 fully saturated rings. The van der Waals surface area contributed by atoms with E-state index in [4.69, 9.17) is 4.74 Å². The van der Waals surface area contributed by atoms with Crippen LogP contribution in [0.15, 0.2) is 36.4 Å². The van der Waals surface area contributed by atoms with Crippen LogP contribution in [0.25, 0.3) is 0 Å². The summed E-state index contributed by atoms with van der Waals surface area (Å²) in [5.41, 5.74) is 0.0850. The van der Waals surface area contributed by atoms with E-state index in [1.807, 2.05) is 0 Å². The highest BCUT2D eigenvalue weighted by molar-refractivity contribution is 5.61. The van der Waals surface area contributed by atoms with Crippen molar-refractivity contribution in [3.63, 3.8) is 0 Å². The van der Waals surface area contributed by atoms with Crippen LogP contribution < -0.4 is 10.1 Å². The summed E-state index contributed by atoms with van der Waals surface area (Å²) in [4.78, 5) is 0. The number of hydrogen-bond donors (Lipinski definition) is 1. The highest BCUT2D eigenvalue weighted by Gasteiger charge is 2.08. The van der Waals surface area contributed by atoms with E-state index < -0.39 is 17.5 Å². The van der Waals surface area contributed by atoms with Crippen molar-refractivity contribution in [1.82, 2.24) is 0 Å². The first-order chi connectivity index (χ1) is 8.60. The lowest BCUT2D eigenvalue weighted by Crippen LogP contribution is -1.97. The Kier molecular flexibility index (Phi) is 3.41. The summed E-state index contributed by atoms with van der Waals surface area (Å²) >= 11 is 0. The molecule has 0 heterocycles. The van der Waals surface area contributed by atoms with E-state index in [0.29, 0.717) is 5.75 Å². The van der Waals surface area contributed by atoms with Gasteiger partial charge in [-0.2, -0.15) is 0 Å². The summed E-state index contributed by atoms with van der Waals surface area (Å²) < 4.78 is 44.5. The molecule has 2 aromatic rings. The molecule has 0 bridgehead atoms. The second-order valence-corrected chi connectivity index (χ2v) is 3.59. The molecule has 0 aliphatic carbocycles. The molecule has 0 saturated heterocycles. The number of benzene rings is 2. The van der Waals surface area contributed by atoms with Gasteiger partial charge >= 0.3 is 0 Å². The van der Waals surface area contributed by atoms with Crippen molar-refractivity contribution in [2.75, 3.05) is 12.4 Å². The van der Waals surface area contributed by atoms with Crippen molar-refractivity contribution in [2.45, 2.75) is 0 Å². The Morgan fingerprint density at radius 2 is 1.50 bits per heavy atom. The zero-order valence-corrected chi connectivity index (χ0v) is 9.51. The zero-order valence-electron chi connectivity index (χ0n) is 9.51. The van der Waals surface area contributed by atoms with E-state index >= 15 is 0 Å². The van der Waals surface area contributed by atoms with Crippen LogP contribution in [0.3, 0.4) is 0 Å². The number of halogens is 3. The average molecular weight is 253 g/mol. The minimum Gasteiger partial charge on any atom is -0.497 e. The van der Waals surface area contributed by atoms with Gasteiger partial charge in [0, 0.05) is 12.1 Å². The molecule has 94 valence electrons. The Morgan fingerprint density at radius 3 is 2.06 bits per heavy atom. The van der Waals surface area contributed by atoms with Gasteiger partial charge in [0.15, 0.2) is 0 Å². The lowest BCUT2D eigenvalue weighted by Gasteiger charge is -2.09. The van der Waals surface area contributed by atoms with E-state index in [9.17, 15) is 13.2 Å². The number of nitrogens with one attached hydrogen (secondary N) is 1. The fourth-order valence-electron chi connectivity index (χ4n) is 1.46. The molecule has 2 aromatic carbocycles. The minimum absolute atomic E-state index is 0.000432. The Morgan fingerprint density at radius 1 is 0.889 bits per heavy atom. The second kappa shape index (κ2) is 5.00. The molecule has 0 aliphatic heterocycles. The summed E-state index contributed by atoms with van der Waals surface area (Å²) in [6.07, 6.45) is 0. The lowest BCUT2D eigenvalue weighted by molar-refractivity contribution is 0.411. The second-order valence-electron chi connectivity index (χ2n) is 3.59. The molecule has 18 heavy (non-hydrogen) atoms. The molecule has 0 radical (unpaired) electrons. The molecular weight excluding hydrogens is 243 g/mol. The van der Waals surface area contributed by atoms with Crippen LogP contribution >= 0.6 is 0 Å². The van der Waals surface area contributed by atoms with Crippen molar-refractivity contribution in [1.29, 1.82) is 0 Å². The van der Waals surface area contributed by atoms with Crippen molar-refractivity contribution in [2.24, 2.45) is 0 Å². The van der Waals surface area contributed by atoms with Gasteiger partial charge in [-0.25, -0.2) is 13.2 Å². The van der Waals surface area contributed by atoms with Crippen molar-refractivity contribution >= 4 is 11.4 Å². The van der Waals surface area contributed by atoms with Crippen molar-refractivity contribution in [3.05, 3.63) is 53.8 Å². The van der Waals surface area contributed by atoms with Crippen LogP contribution in [0.1, 0.15) is 0 Å². The highest BCUT2D eigenvalue weighted by atomic mass is 19.1. The third kappa shape index (κ3) is 2.56. The molecule has 0 atom stereocenters. The first-order valence-electron chi connectivity index (χ1n) is 5.16. The molecule has 2 nitrogen and oxygen atoms in total. The van der Waals surface area contributed by atoms with E-state index in [1.165, 1.54) is 31.4 Å². The molecular formula is C13H10F3NO. The maximum Gasteiger partial charge on any atom is 0.150 e. The Labute approximate surface area is 102 Å². The maximum absolute atomic E-state index is 13.6. The van der Waals surface area contributed by atoms with Crippen molar-refractivity contribution in [3.8, 4) is 5.75 Å². The SMILES string of the molecule is COc1ccc(Nc2ccc(F)cc2F)c(F)c1. The fraction of sp³-hybridized carbons (Fsp3) is 0.0769. The summed E-state index contributed by atoms with van der Waals surface area (Å²) in [6, 6.07) is 7.14. The Balaban J connectivity index is 2.28. The number of anilines is 2. The van der Waals surface area contributed by atoms with Crippen LogP contribution in [0.2, 0.25) is 0 Å². The topological polar surface area (TPSA) is 21.3 Å². The summed E-state index contributed by atoms with van der Waals surface area (Å²) in [7, 11) is 1.42.